The van der Waals surface area contributed by atoms with Gasteiger partial charge in [0.15, 0.2) is 0 Å². The highest BCUT2D eigenvalue weighted by Gasteiger charge is 2.02. The normalized spacial score (nSPS) is 11.8. The molecule has 0 radical (unpaired) electrons. The van der Waals surface area contributed by atoms with Crippen molar-refractivity contribution in [2.45, 2.75) is 46.5 Å². The second-order valence-electron chi connectivity index (χ2n) is 4.38. The SMILES string of the molecule is CCCCc1ccc(C/C(C)=N\O)c(C)c1. The fraction of sp³-hybridized carbons (Fsp3) is 0.500. The van der Waals surface area contributed by atoms with E-state index in [-0.39, 0.29) is 0 Å². The zero-order valence-electron chi connectivity index (χ0n) is 10.5. The molecule has 2 nitrogen and oxygen atoms in total. The summed E-state index contributed by atoms with van der Waals surface area (Å²) < 4.78 is 0. The number of hydrogen-bond donors (Lipinski definition) is 1. The maximum atomic E-state index is 8.65. The van der Waals surface area contributed by atoms with Gasteiger partial charge in [-0.2, -0.15) is 0 Å². The Hall–Kier alpha value is -1.31. The number of unbranched alkanes of at least 4 members (excludes halogenated alkanes) is 1. The van der Waals surface area contributed by atoms with Gasteiger partial charge >= 0.3 is 0 Å². The van der Waals surface area contributed by atoms with Crippen LogP contribution in [0.4, 0.5) is 0 Å². The first-order valence-electron chi connectivity index (χ1n) is 5.93. The first kappa shape index (κ1) is 12.8. The Bertz CT molecular complexity index is 369. The fourth-order valence-corrected chi connectivity index (χ4v) is 1.80. The van der Waals surface area contributed by atoms with E-state index < -0.39 is 0 Å². The maximum Gasteiger partial charge on any atom is 0.0583 e. The minimum atomic E-state index is 0.733. The van der Waals surface area contributed by atoms with Gasteiger partial charge in [0.2, 0.25) is 0 Å². The van der Waals surface area contributed by atoms with E-state index in [1.165, 1.54) is 29.5 Å². The molecule has 88 valence electrons. The Labute approximate surface area is 98.0 Å². The van der Waals surface area contributed by atoms with E-state index in [1.807, 2.05) is 6.92 Å². The molecule has 1 N–H and O–H groups in total. The highest BCUT2D eigenvalue weighted by atomic mass is 16.4. The van der Waals surface area contributed by atoms with Crippen LogP contribution >= 0.6 is 0 Å². The van der Waals surface area contributed by atoms with E-state index in [9.17, 15) is 0 Å². The minimum absolute atomic E-state index is 0.733. The van der Waals surface area contributed by atoms with E-state index in [0.717, 1.165) is 18.6 Å². The van der Waals surface area contributed by atoms with Crippen LogP contribution in [0.3, 0.4) is 0 Å². The molecule has 1 rings (SSSR count). The molecule has 0 heterocycles. The summed E-state index contributed by atoms with van der Waals surface area (Å²) in [6.45, 7) is 6.17. The molecule has 1 aromatic carbocycles. The fourth-order valence-electron chi connectivity index (χ4n) is 1.80. The largest absolute Gasteiger partial charge is 0.411 e. The Morgan fingerprint density at radius 2 is 2.12 bits per heavy atom. The molecule has 0 fully saturated rings. The molecule has 0 aliphatic rings. The lowest BCUT2D eigenvalue weighted by molar-refractivity contribution is 0.317. The molecule has 0 aromatic heterocycles. The molecule has 0 spiro atoms. The molecule has 0 saturated heterocycles. The smallest absolute Gasteiger partial charge is 0.0583 e. The highest BCUT2D eigenvalue weighted by Crippen LogP contribution is 2.14. The molecule has 16 heavy (non-hydrogen) atoms. The standard InChI is InChI=1S/C14H21NO/c1-4-5-6-13-7-8-14(11(2)9-13)10-12(3)15-16/h7-9,16H,4-6,10H2,1-3H3/b15-12-. The van der Waals surface area contributed by atoms with Gasteiger partial charge in [0, 0.05) is 6.42 Å². The van der Waals surface area contributed by atoms with Gasteiger partial charge in [-0.05, 0) is 43.4 Å². The van der Waals surface area contributed by atoms with Gasteiger partial charge < -0.3 is 5.21 Å². The summed E-state index contributed by atoms with van der Waals surface area (Å²) in [5.41, 5.74) is 4.69. The molecule has 1 aromatic rings. The molecule has 0 unspecified atom stereocenters. The van der Waals surface area contributed by atoms with E-state index in [2.05, 4.69) is 37.2 Å². The summed E-state index contributed by atoms with van der Waals surface area (Å²) in [6, 6.07) is 6.58. The third kappa shape index (κ3) is 3.69. The van der Waals surface area contributed by atoms with Crippen LogP contribution in [0, 0.1) is 6.92 Å². The van der Waals surface area contributed by atoms with Crippen molar-refractivity contribution in [1.29, 1.82) is 0 Å². The summed E-state index contributed by atoms with van der Waals surface area (Å²) in [7, 11) is 0. The van der Waals surface area contributed by atoms with Crippen molar-refractivity contribution >= 4 is 5.71 Å². The van der Waals surface area contributed by atoms with E-state index in [4.69, 9.17) is 5.21 Å². The number of oxime groups is 1. The van der Waals surface area contributed by atoms with Crippen molar-refractivity contribution in [3.63, 3.8) is 0 Å². The van der Waals surface area contributed by atoms with Gasteiger partial charge in [0.1, 0.15) is 0 Å². The topological polar surface area (TPSA) is 32.6 Å². The van der Waals surface area contributed by atoms with Gasteiger partial charge in [-0.1, -0.05) is 36.7 Å². The van der Waals surface area contributed by atoms with E-state index in [0.29, 0.717) is 0 Å². The lowest BCUT2D eigenvalue weighted by Crippen LogP contribution is -2.00. The van der Waals surface area contributed by atoms with Gasteiger partial charge in [0.25, 0.3) is 0 Å². The van der Waals surface area contributed by atoms with Gasteiger partial charge in [-0.15, -0.1) is 0 Å². The number of benzene rings is 1. The quantitative estimate of drug-likeness (QED) is 0.457. The predicted octanol–water partition coefficient (Wildman–Crippen LogP) is 3.73. The summed E-state index contributed by atoms with van der Waals surface area (Å²) in [6.07, 6.45) is 4.37. The van der Waals surface area contributed by atoms with E-state index >= 15 is 0 Å². The molecule has 0 amide bonds. The van der Waals surface area contributed by atoms with Crippen LogP contribution in [0.2, 0.25) is 0 Å². The van der Waals surface area contributed by atoms with Crippen molar-refractivity contribution in [3.05, 3.63) is 34.9 Å². The highest BCUT2D eigenvalue weighted by molar-refractivity contribution is 5.83. The summed E-state index contributed by atoms with van der Waals surface area (Å²) in [4.78, 5) is 0. The van der Waals surface area contributed by atoms with Crippen LogP contribution in [0.1, 0.15) is 43.4 Å². The zero-order chi connectivity index (χ0) is 12.0. The molecule has 0 aliphatic heterocycles. The Morgan fingerprint density at radius 1 is 1.38 bits per heavy atom. The van der Waals surface area contributed by atoms with Crippen molar-refractivity contribution in [2.24, 2.45) is 5.16 Å². The minimum Gasteiger partial charge on any atom is -0.411 e. The molecule has 0 bridgehead atoms. The second kappa shape index (κ2) is 6.31. The first-order valence-corrected chi connectivity index (χ1v) is 5.93. The molecular formula is C14H21NO. The second-order valence-corrected chi connectivity index (χ2v) is 4.38. The number of rotatable bonds is 5. The van der Waals surface area contributed by atoms with Gasteiger partial charge in [0.05, 0.1) is 5.71 Å². The third-order valence-electron chi connectivity index (χ3n) is 2.84. The molecule has 2 heteroatoms. The lowest BCUT2D eigenvalue weighted by Gasteiger charge is -2.07. The van der Waals surface area contributed by atoms with Gasteiger partial charge in [-0.25, -0.2) is 0 Å². The molecule has 0 saturated carbocycles. The Morgan fingerprint density at radius 3 is 2.69 bits per heavy atom. The molecular weight excluding hydrogens is 198 g/mol. The monoisotopic (exact) mass is 219 g/mol. The van der Waals surface area contributed by atoms with Crippen molar-refractivity contribution in [1.82, 2.24) is 0 Å². The van der Waals surface area contributed by atoms with Crippen molar-refractivity contribution in [2.75, 3.05) is 0 Å². The van der Waals surface area contributed by atoms with Crippen LogP contribution in [0.25, 0.3) is 0 Å². The number of aryl methyl sites for hydroxylation is 2. The lowest BCUT2D eigenvalue weighted by atomic mass is 9.98. The average molecular weight is 219 g/mol. The van der Waals surface area contributed by atoms with E-state index in [1.54, 1.807) is 0 Å². The van der Waals surface area contributed by atoms with Gasteiger partial charge in [-0.3, -0.25) is 0 Å². The van der Waals surface area contributed by atoms with Crippen LogP contribution in [-0.2, 0) is 12.8 Å². The summed E-state index contributed by atoms with van der Waals surface area (Å²) in [5, 5.41) is 11.9. The van der Waals surface area contributed by atoms with Crippen LogP contribution in [0.15, 0.2) is 23.4 Å². The maximum absolute atomic E-state index is 8.65. The molecule has 0 atom stereocenters. The average Bonchev–Trinajstić information content (AvgIpc) is 2.29. The number of nitrogens with zero attached hydrogens (tertiary/aromatic N) is 1. The Kier molecular flexibility index (Phi) is 5.03. The first-order chi connectivity index (χ1) is 7.67. The summed E-state index contributed by atoms with van der Waals surface area (Å²) >= 11 is 0. The van der Waals surface area contributed by atoms with Crippen LogP contribution in [-0.4, -0.2) is 10.9 Å². The molecule has 0 aliphatic carbocycles. The predicted molar refractivity (Wildman–Crippen MR) is 68.4 cm³/mol. The Balaban J connectivity index is 2.75. The van der Waals surface area contributed by atoms with Crippen molar-refractivity contribution < 1.29 is 5.21 Å². The van der Waals surface area contributed by atoms with Crippen LogP contribution < -0.4 is 0 Å². The van der Waals surface area contributed by atoms with Crippen LogP contribution in [0.5, 0.6) is 0 Å². The summed E-state index contributed by atoms with van der Waals surface area (Å²) in [5.74, 6) is 0. The zero-order valence-corrected chi connectivity index (χ0v) is 10.5. The number of hydrogen-bond acceptors (Lipinski definition) is 2. The van der Waals surface area contributed by atoms with Crippen molar-refractivity contribution in [3.8, 4) is 0 Å². The third-order valence-corrected chi connectivity index (χ3v) is 2.84.